The van der Waals surface area contributed by atoms with Gasteiger partial charge in [-0.3, -0.25) is 0 Å². The summed E-state index contributed by atoms with van der Waals surface area (Å²) in [7, 11) is 1.40. The first-order valence-electron chi connectivity index (χ1n) is 7.12. The van der Waals surface area contributed by atoms with Crippen LogP contribution in [-0.2, 0) is 4.74 Å². The van der Waals surface area contributed by atoms with Gasteiger partial charge in [0.25, 0.3) is 0 Å². The van der Waals surface area contributed by atoms with Crippen LogP contribution in [0.15, 0.2) is 18.2 Å². The Kier molecular flexibility index (Phi) is 7.01. The fourth-order valence-corrected chi connectivity index (χ4v) is 2.06. The number of benzene rings is 1. The number of anilines is 1. The second-order valence-electron chi connectivity index (χ2n) is 4.86. The van der Waals surface area contributed by atoms with E-state index in [4.69, 9.17) is 4.74 Å². The Morgan fingerprint density at radius 3 is 2.58 bits per heavy atom. The van der Waals surface area contributed by atoms with Crippen LogP contribution in [0, 0.1) is 6.92 Å². The van der Waals surface area contributed by atoms with Gasteiger partial charge in [0, 0.05) is 12.2 Å². The number of nitrogens with one attached hydrogen (secondary N) is 1. The van der Waals surface area contributed by atoms with Gasteiger partial charge < -0.3 is 10.1 Å². The molecule has 3 heteroatoms. The average Bonchev–Trinajstić information content (AvgIpc) is 2.43. The molecule has 1 rings (SSSR count). The lowest BCUT2D eigenvalue weighted by molar-refractivity contribution is 0.0600. The van der Waals surface area contributed by atoms with Crippen molar-refractivity contribution in [3.8, 4) is 0 Å². The summed E-state index contributed by atoms with van der Waals surface area (Å²) in [6.07, 6.45) is 6.39. The third-order valence-electron chi connectivity index (χ3n) is 3.24. The average molecular weight is 263 g/mol. The maximum absolute atomic E-state index is 11.4. The van der Waals surface area contributed by atoms with Gasteiger partial charge in [-0.2, -0.15) is 0 Å². The standard InChI is InChI=1S/C16H25NO2/c1-4-5-6-7-8-11-17-15-10-9-14(12-13(15)2)16(18)19-3/h9-10,12,17H,4-8,11H2,1-3H3. The number of hydrogen-bond acceptors (Lipinski definition) is 3. The van der Waals surface area contributed by atoms with E-state index in [1.165, 1.54) is 39.2 Å². The predicted molar refractivity (Wildman–Crippen MR) is 79.8 cm³/mol. The topological polar surface area (TPSA) is 38.3 Å². The van der Waals surface area contributed by atoms with Gasteiger partial charge in [-0.1, -0.05) is 32.6 Å². The number of aryl methyl sites for hydroxylation is 1. The number of unbranched alkanes of at least 4 members (excludes halogenated alkanes) is 4. The van der Waals surface area contributed by atoms with Crippen LogP contribution in [0.4, 0.5) is 5.69 Å². The van der Waals surface area contributed by atoms with Gasteiger partial charge in [-0.05, 0) is 37.1 Å². The van der Waals surface area contributed by atoms with E-state index in [0.29, 0.717) is 5.56 Å². The molecule has 1 aromatic rings. The first-order valence-corrected chi connectivity index (χ1v) is 7.12. The van der Waals surface area contributed by atoms with Crippen LogP contribution in [-0.4, -0.2) is 19.6 Å². The summed E-state index contributed by atoms with van der Waals surface area (Å²) in [5.74, 6) is -0.283. The smallest absolute Gasteiger partial charge is 0.337 e. The van der Waals surface area contributed by atoms with Crippen molar-refractivity contribution in [3.05, 3.63) is 29.3 Å². The third kappa shape index (κ3) is 5.33. The largest absolute Gasteiger partial charge is 0.465 e. The van der Waals surface area contributed by atoms with Gasteiger partial charge in [-0.15, -0.1) is 0 Å². The first-order chi connectivity index (χ1) is 9.19. The van der Waals surface area contributed by atoms with Gasteiger partial charge >= 0.3 is 5.97 Å². The van der Waals surface area contributed by atoms with E-state index in [0.717, 1.165) is 17.8 Å². The van der Waals surface area contributed by atoms with Gasteiger partial charge in [0.15, 0.2) is 0 Å². The van der Waals surface area contributed by atoms with Gasteiger partial charge in [0.2, 0.25) is 0 Å². The Hall–Kier alpha value is -1.51. The summed E-state index contributed by atoms with van der Waals surface area (Å²) in [5, 5.41) is 3.42. The zero-order valence-corrected chi connectivity index (χ0v) is 12.3. The van der Waals surface area contributed by atoms with E-state index >= 15 is 0 Å². The predicted octanol–water partition coefficient (Wildman–Crippen LogP) is 4.16. The Morgan fingerprint density at radius 1 is 1.21 bits per heavy atom. The second kappa shape index (κ2) is 8.57. The monoisotopic (exact) mass is 263 g/mol. The summed E-state index contributed by atoms with van der Waals surface area (Å²) < 4.78 is 4.71. The van der Waals surface area contributed by atoms with Crippen molar-refractivity contribution in [2.45, 2.75) is 46.0 Å². The highest BCUT2D eigenvalue weighted by Gasteiger charge is 2.06. The molecule has 0 saturated carbocycles. The summed E-state index contributed by atoms with van der Waals surface area (Å²) in [4.78, 5) is 11.4. The molecule has 1 aromatic carbocycles. The molecule has 0 aromatic heterocycles. The zero-order valence-electron chi connectivity index (χ0n) is 12.3. The summed E-state index contributed by atoms with van der Waals surface area (Å²) >= 11 is 0. The lowest BCUT2D eigenvalue weighted by atomic mass is 10.1. The van der Waals surface area contributed by atoms with Crippen molar-refractivity contribution in [1.29, 1.82) is 0 Å². The van der Waals surface area contributed by atoms with Crippen LogP contribution in [0.2, 0.25) is 0 Å². The zero-order chi connectivity index (χ0) is 14.1. The highest BCUT2D eigenvalue weighted by Crippen LogP contribution is 2.17. The first kappa shape index (κ1) is 15.5. The Morgan fingerprint density at radius 2 is 1.95 bits per heavy atom. The van der Waals surface area contributed by atoms with E-state index in [1.54, 1.807) is 6.07 Å². The minimum absolute atomic E-state index is 0.283. The minimum atomic E-state index is -0.283. The summed E-state index contributed by atoms with van der Waals surface area (Å²) in [6, 6.07) is 5.62. The van der Waals surface area contributed by atoms with E-state index in [-0.39, 0.29) is 5.97 Å². The number of hydrogen-bond donors (Lipinski definition) is 1. The molecule has 0 aliphatic rings. The minimum Gasteiger partial charge on any atom is -0.465 e. The number of ether oxygens (including phenoxy) is 1. The van der Waals surface area contributed by atoms with E-state index < -0.39 is 0 Å². The van der Waals surface area contributed by atoms with Crippen LogP contribution in [0.5, 0.6) is 0 Å². The SMILES string of the molecule is CCCCCCCNc1ccc(C(=O)OC)cc1C. The van der Waals surface area contributed by atoms with Crippen LogP contribution in [0.3, 0.4) is 0 Å². The molecule has 0 saturated heterocycles. The molecule has 0 atom stereocenters. The van der Waals surface area contributed by atoms with Gasteiger partial charge in [-0.25, -0.2) is 4.79 Å². The van der Waals surface area contributed by atoms with Gasteiger partial charge in [0.1, 0.15) is 0 Å². The highest BCUT2D eigenvalue weighted by molar-refractivity contribution is 5.90. The molecule has 0 bridgehead atoms. The lowest BCUT2D eigenvalue weighted by Crippen LogP contribution is -2.05. The van der Waals surface area contributed by atoms with Crippen molar-refractivity contribution in [1.82, 2.24) is 0 Å². The quantitative estimate of drug-likeness (QED) is 0.565. The summed E-state index contributed by atoms with van der Waals surface area (Å²) in [6.45, 7) is 5.22. The molecule has 0 heterocycles. The van der Waals surface area contributed by atoms with Crippen LogP contribution >= 0.6 is 0 Å². The molecule has 0 aliphatic heterocycles. The van der Waals surface area contributed by atoms with Crippen LogP contribution in [0.25, 0.3) is 0 Å². The molecule has 0 unspecified atom stereocenters. The molecule has 3 nitrogen and oxygen atoms in total. The Bertz CT molecular complexity index is 402. The molecule has 0 amide bonds. The van der Waals surface area contributed by atoms with E-state index in [1.807, 2.05) is 19.1 Å². The summed E-state index contributed by atoms with van der Waals surface area (Å²) in [5.41, 5.74) is 2.79. The van der Waals surface area contributed by atoms with Crippen molar-refractivity contribution >= 4 is 11.7 Å². The molecule has 0 radical (unpaired) electrons. The van der Waals surface area contributed by atoms with Crippen LogP contribution < -0.4 is 5.32 Å². The van der Waals surface area contributed by atoms with Crippen molar-refractivity contribution in [2.24, 2.45) is 0 Å². The van der Waals surface area contributed by atoms with Crippen molar-refractivity contribution in [2.75, 3.05) is 19.0 Å². The maximum Gasteiger partial charge on any atom is 0.337 e. The fourth-order valence-electron chi connectivity index (χ4n) is 2.06. The molecule has 0 aliphatic carbocycles. The number of carbonyl (C=O) groups is 1. The van der Waals surface area contributed by atoms with E-state index in [9.17, 15) is 4.79 Å². The van der Waals surface area contributed by atoms with Crippen LogP contribution in [0.1, 0.15) is 54.9 Å². The third-order valence-corrected chi connectivity index (χ3v) is 3.24. The number of rotatable bonds is 8. The number of methoxy groups -OCH3 is 1. The molecule has 0 fully saturated rings. The van der Waals surface area contributed by atoms with Crippen molar-refractivity contribution < 1.29 is 9.53 Å². The lowest BCUT2D eigenvalue weighted by Gasteiger charge is -2.10. The van der Waals surface area contributed by atoms with E-state index in [2.05, 4.69) is 12.2 Å². The maximum atomic E-state index is 11.4. The molecular formula is C16H25NO2. The molecule has 0 spiro atoms. The molecule has 106 valence electrons. The number of esters is 1. The Labute approximate surface area is 116 Å². The molecule has 1 N–H and O–H groups in total. The van der Waals surface area contributed by atoms with Gasteiger partial charge in [0.05, 0.1) is 12.7 Å². The highest BCUT2D eigenvalue weighted by atomic mass is 16.5. The fraction of sp³-hybridized carbons (Fsp3) is 0.562. The Balaban J connectivity index is 2.40. The normalized spacial score (nSPS) is 10.3. The van der Waals surface area contributed by atoms with Crippen molar-refractivity contribution in [3.63, 3.8) is 0 Å². The molecule has 19 heavy (non-hydrogen) atoms. The molecular weight excluding hydrogens is 238 g/mol. The number of carbonyl (C=O) groups excluding carboxylic acids is 1. The second-order valence-corrected chi connectivity index (χ2v) is 4.86.